The van der Waals surface area contributed by atoms with Crippen LogP contribution in [-0.4, -0.2) is 40.0 Å². The Labute approximate surface area is 122 Å². The van der Waals surface area contributed by atoms with E-state index in [0.717, 1.165) is 18.5 Å². The summed E-state index contributed by atoms with van der Waals surface area (Å²) in [5, 5.41) is 8.90. The molecule has 1 aliphatic carbocycles. The molecule has 0 unspecified atom stereocenters. The van der Waals surface area contributed by atoms with Gasteiger partial charge in [-0.15, -0.1) is 0 Å². The number of carbonyl (C=O) groups excluding carboxylic acids is 1. The predicted octanol–water partition coefficient (Wildman–Crippen LogP) is 1.61. The lowest BCUT2D eigenvalue weighted by Gasteiger charge is -2.16. The van der Waals surface area contributed by atoms with Crippen molar-refractivity contribution in [2.45, 2.75) is 25.4 Å². The van der Waals surface area contributed by atoms with E-state index in [4.69, 9.17) is 10.00 Å². The van der Waals surface area contributed by atoms with Crippen LogP contribution in [0.15, 0.2) is 24.5 Å². The minimum atomic E-state index is -0.395. The fourth-order valence-electron chi connectivity index (χ4n) is 2.46. The number of pyridine rings is 1. The van der Waals surface area contributed by atoms with Gasteiger partial charge in [0.05, 0.1) is 25.4 Å². The first-order valence-electron chi connectivity index (χ1n) is 6.89. The monoisotopic (exact) mass is 284 g/mol. The Hall–Kier alpha value is -2.39. The lowest BCUT2D eigenvalue weighted by atomic mass is 10.3. The van der Waals surface area contributed by atoms with Gasteiger partial charge in [0.1, 0.15) is 5.56 Å². The molecule has 0 atom stereocenters. The Balaban J connectivity index is 1.90. The van der Waals surface area contributed by atoms with Crippen LogP contribution in [-0.2, 0) is 11.3 Å². The molecule has 1 saturated carbocycles. The number of fused-ring (bicyclic) bond motifs is 1. The van der Waals surface area contributed by atoms with E-state index in [1.165, 1.54) is 7.11 Å². The van der Waals surface area contributed by atoms with E-state index in [1.807, 2.05) is 16.8 Å². The highest BCUT2D eigenvalue weighted by atomic mass is 16.5. The molecule has 21 heavy (non-hydrogen) atoms. The van der Waals surface area contributed by atoms with Crippen molar-refractivity contribution in [3.05, 3.63) is 35.8 Å². The number of rotatable bonds is 5. The second-order valence-electron chi connectivity index (χ2n) is 5.17. The highest BCUT2D eigenvalue weighted by Gasteiger charge is 2.29. The van der Waals surface area contributed by atoms with E-state index in [2.05, 4.69) is 16.0 Å². The predicted molar refractivity (Wildman–Crippen MR) is 75.6 cm³/mol. The standard InChI is InChI=1S/C15H16N4O2/c1-21-15(20)13-3-2-7-19-10-11(17-14(13)19)9-18(8-6-16)12-4-5-12/h2-3,7,10,12H,4-5,8-9H2,1H3. The van der Waals surface area contributed by atoms with Gasteiger partial charge in [-0.25, -0.2) is 9.78 Å². The molecule has 2 aromatic heterocycles. The summed E-state index contributed by atoms with van der Waals surface area (Å²) >= 11 is 0. The number of hydrogen-bond acceptors (Lipinski definition) is 5. The van der Waals surface area contributed by atoms with E-state index in [9.17, 15) is 4.79 Å². The van der Waals surface area contributed by atoms with Gasteiger partial charge in [0, 0.05) is 25.0 Å². The average molecular weight is 284 g/mol. The minimum Gasteiger partial charge on any atom is -0.465 e. The van der Waals surface area contributed by atoms with Crippen molar-refractivity contribution in [1.82, 2.24) is 14.3 Å². The third-order valence-electron chi connectivity index (χ3n) is 3.64. The molecule has 0 bridgehead atoms. The second kappa shape index (κ2) is 5.54. The van der Waals surface area contributed by atoms with Crippen LogP contribution in [0.2, 0.25) is 0 Å². The Kier molecular flexibility index (Phi) is 3.59. The molecular formula is C15H16N4O2. The number of nitrogens with zero attached hydrogens (tertiary/aromatic N) is 4. The molecule has 108 valence electrons. The fourth-order valence-corrected chi connectivity index (χ4v) is 2.46. The Morgan fingerprint density at radius 3 is 3.10 bits per heavy atom. The first kappa shape index (κ1) is 13.6. The highest BCUT2D eigenvalue weighted by Crippen LogP contribution is 2.28. The summed E-state index contributed by atoms with van der Waals surface area (Å²) in [5.41, 5.74) is 1.89. The quantitative estimate of drug-likeness (QED) is 0.616. The first-order valence-corrected chi connectivity index (χ1v) is 6.89. The van der Waals surface area contributed by atoms with Gasteiger partial charge in [0.25, 0.3) is 0 Å². The van der Waals surface area contributed by atoms with Gasteiger partial charge in [0.15, 0.2) is 5.65 Å². The molecule has 6 nitrogen and oxygen atoms in total. The maximum atomic E-state index is 11.8. The van der Waals surface area contributed by atoms with Gasteiger partial charge >= 0.3 is 5.97 Å². The fraction of sp³-hybridized carbons (Fsp3) is 0.400. The van der Waals surface area contributed by atoms with Crippen LogP contribution in [0.3, 0.4) is 0 Å². The lowest BCUT2D eigenvalue weighted by molar-refractivity contribution is 0.0602. The average Bonchev–Trinajstić information content (AvgIpc) is 3.25. The number of imidazole rings is 1. The van der Waals surface area contributed by atoms with E-state index in [-0.39, 0.29) is 0 Å². The summed E-state index contributed by atoms with van der Waals surface area (Å²) in [6, 6.07) is 6.18. The van der Waals surface area contributed by atoms with Gasteiger partial charge in [-0.3, -0.25) is 4.90 Å². The van der Waals surface area contributed by atoms with Crippen molar-refractivity contribution in [2.75, 3.05) is 13.7 Å². The molecule has 1 aliphatic rings. The molecule has 0 N–H and O–H groups in total. The normalized spacial score (nSPS) is 14.3. The molecule has 2 heterocycles. The van der Waals surface area contributed by atoms with Crippen LogP contribution in [0, 0.1) is 11.3 Å². The van der Waals surface area contributed by atoms with E-state index < -0.39 is 5.97 Å². The zero-order valence-corrected chi connectivity index (χ0v) is 11.8. The molecule has 0 aliphatic heterocycles. The van der Waals surface area contributed by atoms with Crippen molar-refractivity contribution in [3.63, 3.8) is 0 Å². The SMILES string of the molecule is COC(=O)c1cccn2cc(CN(CC#N)C3CC3)nc12. The molecule has 3 rings (SSSR count). The van der Waals surface area contributed by atoms with Crippen molar-refractivity contribution in [3.8, 4) is 6.07 Å². The van der Waals surface area contributed by atoms with Crippen LogP contribution < -0.4 is 0 Å². The number of methoxy groups -OCH3 is 1. The zero-order valence-electron chi connectivity index (χ0n) is 11.8. The van der Waals surface area contributed by atoms with Crippen LogP contribution >= 0.6 is 0 Å². The third kappa shape index (κ3) is 2.73. The van der Waals surface area contributed by atoms with Gasteiger partial charge in [-0.2, -0.15) is 5.26 Å². The summed E-state index contributed by atoms with van der Waals surface area (Å²) < 4.78 is 6.59. The van der Waals surface area contributed by atoms with Gasteiger partial charge in [0.2, 0.25) is 0 Å². The molecule has 0 amide bonds. The van der Waals surface area contributed by atoms with Crippen LogP contribution in [0.25, 0.3) is 5.65 Å². The topological polar surface area (TPSA) is 70.6 Å². The Morgan fingerprint density at radius 2 is 2.43 bits per heavy atom. The van der Waals surface area contributed by atoms with Crippen molar-refractivity contribution in [1.29, 1.82) is 5.26 Å². The number of hydrogen-bond donors (Lipinski definition) is 0. The summed E-state index contributed by atoms with van der Waals surface area (Å²) in [6.07, 6.45) is 6.03. The molecular weight excluding hydrogens is 268 g/mol. The molecule has 1 fully saturated rings. The molecule has 0 spiro atoms. The van der Waals surface area contributed by atoms with Gasteiger partial charge < -0.3 is 9.14 Å². The summed E-state index contributed by atoms with van der Waals surface area (Å²) in [6.45, 7) is 1.03. The van der Waals surface area contributed by atoms with E-state index >= 15 is 0 Å². The molecule has 0 aromatic carbocycles. The molecule has 0 radical (unpaired) electrons. The van der Waals surface area contributed by atoms with Crippen LogP contribution in [0.1, 0.15) is 28.9 Å². The number of carbonyl (C=O) groups is 1. The maximum Gasteiger partial charge on any atom is 0.341 e. The number of aromatic nitrogens is 2. The largest absolute Gasteiger partial charge is 0.465 e. The van der Waals surface area contributed by atoms with Crippen molar-refractivity contribution < 1.29 is 9.53 Å². The van der Waals surface area contributed by atoms with Gasteiger partial charge in [-0.05, 0) is 25.0 Å². The number of esters is 1. The molecule has 6 heteroatoms. The summed E-state index contributed by atoms with van der Waals surface area (Å²) in [4.78, 5) is 18.4. The van der Waals surface area contributed by atoms with E-state index in [0.29, 0.717) is 30.3 Å². The number of ether oxygens (including phenoxy) is 1. The lowest BCUT2D eigenvalue weighted by Crippen LogP contribution is -2.25. The summed E-state index contributed by atoms with van der Waals surface area (Å²) in [7, 11) is 1.36. The van der Waals surface area contributed by atoms with Crippen LogP contribution in [0.5, 0.6) is 0 Å². The number of nitriles is 1. The molecule has 0 saturated heterocycles. The maximum absolute atomic E-state index is 11.8. The zero-order chi connectivity index (χ0) is 14.8. The Morgan fingerprint density at radius 1 is 1.62 bits per heavy atom. The summed E-state index contributed by atoms with van der Waals surface area (Å²) in [5.74, 6) is -0.395. The van der Waals surface area contributed by atoms with Crippen LogP contribution in [0.4, 0.5) is 0 Å². The highest BCUT2D eigenvalue weighted by molar-refractivity contribution is 5.95. The van der Waals surface area contributed by atoms with Crippen molar-refractivity contribution in [2.24, 2.45) is 0 Å². The molecule has 2 aromatic rings. The minimum absolute atomic E-state index is 0.395. The van der Waals surface area contributed by atoms with Crippen molar-refractivity contribution >= 4 is 11.6 Å². The van der Waals surface area contributed by atoms with E-state index in [1.54, 1.807) is 12.1 Å². The first-order chi connectivity index (χ1) is 10.2. The Bertz CT molecular complexity index is 712. The second-order valence-corrected chi connectivity index (χ2v) is 5.17. The third-order valence-corrected chi connectivity index (χ3v) is 3.64. The smallest absolute Gasteiger partial charge is 0.341 e. The van der Waals surface area contributed by atoms with Gasteiger partial charge in [-0.1, -0.05) is 0 Å².